The van der Waals surface area contributed by atoms with Gasteiger partial charge in [0.2, 0.25) is 11.7 Å². The first kappa shape index (κ1) is 20.5. The van der Waals surface area contributed by atoms with E-state index in [0.717, 1.165) is 29.3 Å². The number of rotatable bonds is 5. The van der Waals surface area contributed by atoms with Crippen molar-refractivity contribution in [1.29, 1.82) is 0 Å². The molecule has 0 spiro atoms. The number of amides is 1. The Labute approximate surface area is 180 Å². The fourth-order valence-corrected chi connectivity index (χ4v) is 4.38. The Bertz CT molecular complexity index is 1020. The van der Waals surface area contributed by atoms with Crippen molar-refractivity contribution in [3.8, 4) is 11.4 Å². The van der Waals surface area contributed by atoms with Crippen molar-refractivity contribution in [3.05, 3.63) is 47.0 Å². The minimum atomic E-state index is -0.00799. The van der Waals surface area contributed by atoms with Gasteiger partial charge in [0, 0.05) is 38.8 Å². The highest BCUT2D eigenvalue weighted by Gasteiger charge is 2.30. The first-order valence-corrected chi connectivity index (χ1v) is 10.8. The molecule has 30 heavy (non-hydrogen) atoms. The number of aromatic nitrogens is 3. The van der Waals surface area contributed by atoms with E-state index >= 15 is 0 Å². The molecule has 3 aromatic rings. The number of aryl methyl sites for hydroxylation is 2. The Kier molecular flexibility index (Phi) is 5.83. The molecule has 1 fully saturated rings. The molecule has 0 radical (unpaired) electrons. The predicted octanol–water partition coefficient (Wildman–Crippen LogP) is 3.37. The standard InChI is InChI=1S/C21H26N6O2S/c1-13-5-7-16(8-6-13)18-23-19(29-24-18)15(3)26-9-11-27(12-10-26)21(28)17-14(2)25-30-20(17)22-4/h5-8,15,22H,9-12H2,1-4H3. The molecule has 0 aliphatic carbocycles. The van der Waals surface area contributed by atoms with Crippen molar-refractivity contribution < 1.29 is 9.32 Å². The van der Waals surface area contributed by atoms with Crippen LogP contribution in [0.4, 0.5) is 5.00 Å². The van der Waals surface area contributed by atoms with E-state index in [4.69, 9.17) is 4.52 Å². The molecule has 9 heteroatoms. The zero-order valence-corrected chi connectivity index (χ0v) is 18.5. The molecule has 0 bridgehead atoms. The van der Waals surface area contributed by atoms with Gasteiger partial charge in [0.15, 0.2) is 0 Å². The van der Waals surface area contributed by atoms with Crippen LogP contribution in [0.2, 0.25) is 0 Å². The minimum absolute atomic E-state index is 0.00799. The highest BCUT2D eigenvalue weighted by Crippen LogP contribution is 2.27. The largest absolute Gasteiger partial charge is 0.378 e. The number of carbonyl (C=O) groups excluding carboxylic acids is 1. The summed E-state index contributed by atoms with van der Waals surface area (Å²) in [5, 5.41) is 8.04. The lowest BCUT2D eigenvalue weighted by Crippen LogP contribution is -2.49. The van der Waals surface area contributed by atoms with Gasteiger partial charge in [-0.2, -0.15) is 9.36 Å². The van der Waals surface area contributed by atoms with Gasteiger partial charge in [0.25, 0.3) is 5.91 Å². The highest BCUT2D eigenvalue weighted by atomic mass is 32.1. The molecule has 8 nitrogen and oxygen atoms in total. The summed E-state index contributed by atoms with van der Waals surface area (Å²) in [6.45, 7) is 8.80. The molecule has 1 unspecified atom stereocenters. The molecule has 0 saturated carbocycles. The first-order chi connectivity index (χ1) is 14.5. The summed E-state index contributed by atoms with van der Waals surface area (Å²) in [5.41, 5.74) is 3.60. The maximum absolute atomic E-state index is 13.0. The molecular weight excluding hydrogens is 400 g/mol. The number of nitrogens with one attached hydrogen (secondary N) is 1. The van der Waals surface area contributed by atoms with Crippen LogP contribution in [0, 0.1) is 13.8 Å². The number of carbonyl (C=O) groups is 1. The van der Waals surface area contributed by atoms with Gasteiger partial charge in [-0.05, 0) is 32.3 Å². The zero-order valence-electron chi connectivity index (χ0n) is 17.7. The van der Waals surface area contributed by atoms with Gasteiger partial charge in [-0.1, -0.05) is 35.0 Å². The van der Waals surface area contributed by atoms with E-state index in [1.54, 1.807) is 0 Å². The molecular formula is C21H26N6O2S. The van der Waals surface area contributed by atoms with E-state index in [1.807, 2.05) is 50.1 Å². The monoisotopic (exact) mass is 426 g/mol. The summed E-state index contributed by atoms with van der Waals surface area (Å²) in [5.74, 6) is 1.24. The maximum Gasteiger partial charge on any atom is 0.258 e. The zero-order chi connectivity index (χ0) is 21.3. The Morgan fingerprint density at radius 3 is 2.53 bits per heavy atom. The van der Waals surface area contributed by atoms with Crippen molar-refractivity contribution in [3.63, 3.8) is 0 Å². The summed E-state index contributed by atoms with van der Waals surface area (Å²) >= 11 is 1.33. The van der Waals surface area contributed by atoms with E-state index in [1.165, 1.54) is 17.1 Å². The minimum Gasteiger partial charge on any atom is -0.378 e. The summed E-state index contributed by atoms with van der Waals surface area (Å²) in [4.78, 5) is 21.8. The Balaban J connectivity index is 1.40. The number of nitrogens with zero attached hydrogens (tertiary/aromatic N) is 5. The molecule has 1 amide bonds. The van der Waals surface area contributed by atoms with Gasteiger partial charge < -0.3 is 14.7 Å². The van der Waals surface area contributed by atoms with Gasteiger partial charge in [0.1, 0.15) is 5.00 Å². The fourth-order valence-electron chi connectivity index (χ4n) is 3.64. The Morgan fingerprint density at radius 2 is 1.87 bits per heavy atom. The predicted molar refractivity (Wildman–Crippen MR) is 117 cm³/mol. The Hall–Kier alpha value is -2.78. The van der Waals surface area contributed by atoms with E-state index in [-0.39, 0.29) is 11.9 Å². The van der Waals surface area contributed by atoms with Gasteiger partial charge >= 0.3 is 0 Å². The lowest BCUT2D eigenvalue weighted by molar-refractivity contribution is 0.0552. The quantitative estimate of drug-likeness (QED) is 0.669. The second-order valence-electron chi connectivity index (χ2n) is 7.55. The van der Waals surface area contributed by atoms with Gasteiger partial charge in [0.05, 0.1) is 17.3 Å². The lowest BCUT2D eigenvalue weighted by Gasteiger charge is -2.36. The van der Waals surface area contributed by atoms with Crippen LogP contribution >= 0.6 is 11.5 Å². The molecule has 1 aliphatic rings. The molecule has 2 aromatic heterocycles. The third-order valence-electron chi connectivity index (χ3n) is 5.56. The second-order valence-corrected chi connectivity index (χ2v) is 8.32. The second kappa shape index (κ2) is 8.53. The van der Waals surface area contributed by atoms with Crippen molar-refractivity contribution in [2.75, 3.05) is 38.5 Å². The van der Waals surface area contributed by atoms with Crippen molar-refractivity contribution in [2.45, 2.75) is 26.8 Å². The normalized spacial score (nSPS) is 15.9. The van der Waals surface area contributed by atoms with Crippen LogP contribution in [-0.2, 0) is 0 Å². The third kappa shape index (κ3) is 3.95. The molecule has 1 N–H and O–H groups in total. The highest BCUT2D eigenvalue weighted by molar-refractivity contribution is 7.10. The lowest BCUT2D eigenvalue weighted by atomic mass is 10.1. The molecule has 1 aliphatic heterocycles. The van der Waals surface area contributed by atoms with Gasteiger partial charge in [-0.25, -0.2) is 0 Å². The number of anilines is 1. The number of piperazine rings is 1. The maximum atomic E-state index is 13.0. The number of benzene rings is 1. The van der Waals surface area contributed by atoms with Crippen molar-refractivity contribution in [1.82, 2.24) is 24.3 Å². The molecule has 1 saturated heterocycles. The molecule has 1 atom stereocenters. The van der Waals surface area contributed by atoms with Crippen LogP contribution in [0.3, 0.4) is 0 Å². The van der Waals surface area contributed by atoms with E-state index in [9.17, 15) is 4.79 Å². The fraction of sp³-hybridized carbons (Fsp3) is 0.429. The van der Waals surface area contributed by atoms with Crippen molar-refractivity contribution >= 4 is 22.4 Å². The van der Waals surface area contributed by atoms with Crippen LogP contribution in [0.25, 0.3) is 11.4 Å². The van der Waals surface area contributed by atoms with Crippen LogP contribution in [0.1, 0.15) is 40.5 Å². The van der Waals surface area contributed by atoms with Crippen LogP contribution in [-0.4, -0.2) is 63.4 Å². The number of hydrogen-bond donors (Lipinski definition) is 1. The smallest absolute Gasteiger partial charge is 0.258 e. The SMILES string of the molecule is CNc1snc(C)c1C(=O)N1CCN(C(C)c2nc(-c3ccc(C)cc3)no2)CC1. The number of hydrogen-bond acceptors (Lipinski definition) is 8. The van der Waals surface area contributed by atoms with Crippen LogP contribution in [0.15, 0.2) is 28.8 Å². The molecule has 158 valence electrons. The molecule has 3 heterocycles. The topological polar surface area (TPSA) is 87.4 Å². The Morgan fingerprint density at radius 1 is 1.17 bits per heavy atom. The van der Waals surface area contributed by atoms with Crippen LogP contribution in [0.5, 0.6) is 0 Å². The molecule has 1 aromatic carbocycles. The summed E-state index contributed by atoms with van der Waals surface area (Å²) < 4.78 is 9.86. The van der Waals surface area contributed by atoms with Crippen LogP contribution < -0.4 is 5.32 Å². The molecule has 4 rings (SSSR count). The van der Waals surface area contributed by atoms with Crippen molar-refractivity contribution in [2.24, 2.45) is 0 Å². The summed E-state index contributed by atoms with van der Waals surface area (Å²) in [6, 6.07) is 8.07. The van der Waals surface area contributed by atoms with Gasteiger partial charge in [-0.15, -0.1) is 0 Å². The van der Waals surface area contributed by atoms with E-state index in [2.05, 4.69) is 31.7 Å². The van der Waals surface area contributed by atoms with Gasteiger partial charge in [-0.3, -0.25) is 9.69 Å². The first-order valence-electron chi connectivity index (χ1n) is 10.1. The van der Waals surface area contributed by atoms with E-state index < -0.39 is 0 Å². The average molecular weight is 427 g/mol. The average Bonchev–Trinajstić information content (AvgIpc) is 3.40. The summed E-state index contributed by atoms with van der Waals surface area (Å²) in [6.07, 6.45) is 0. The third-order valence-corrected chi connectivity index (χ3v) is 6.52. The summed E-state index contributed by atoms with van der Waals surface area (Å²) in [7, 11) is 1.82. The van der Waals surface area contributed by atoms with E-state index in [0.29, 0.717) is 30.4 Å².